The number of thioether (sulfide) groups is 1. The highest BCUT2D eigenvalue weighted by Crippen LogP contribution is 2.30. The molecule has 1 aliphatic heterocycles. The van der Waals surface area contributed by atoms with Crippen molar-refractivity contribution < 1.29 is 4.79 Å². The van der Waals surface area contributed by atoms with E-state index in [1.54, 1.807) is 0 Å². The van der Waals surface area contributed by atoms with Crippen LogP contribution in [0.1, 0.15) is 18.1 Å². The van der Waals surface area contributed by atoms with E-state index >= 15 is 0 Å². The molecule has 0 saturated heterocycles. The summed E-state index contributed by atoms with van der Waals surface area (Å²) in [6, 6.07) is 16.3. The summed E-state index contributed by atoms with van der Waals surface area (Å²) >= 11 is 1.46. The van der Waals surface area contributed by atoms with E-state index in [1.165, 1.54) is 22.9 Å². The Labute approximate surface area is 163 Å². The number of hydrogen-bond donors (Lipinski definition) is 0. The van der Waals surface area contributed by atoms with E-state index < -0.39 is 0 Å². The summed E-state index contributed by atoms with van der Waals surface area (Å²) in [6.45, 7) is 5.68. The van der Waals surface area contributed by atoms with Crippen LogP contribution in [0.15, 0.2) is 53.7 Å². The number of anilines is 1. The molecule has 5 nitrogen and oxygen atoms in total. The van der Waals surface area contributed by atoms with E-state index in [4.69, 9.17) is 0 Å². The molecule has 2 heterocycles. The van der Waals surface area contributed by atoms with E-state index in [-0.39, 0.29) is 5.91 Å². The van der Waals surface area contributed by atoms with Gasteiger partial charge in [-0.05, 0) is 31.9 Å². The fraction of sp³-hybridized carbons (Fsp3) is 0.286. The van der Waals surface area contributed by atoms with E-state index in [9.17, 15) is 4.79 Å². The monoisotopic (exact) mass is 378 g/mol. The lowest BCUT2D eigenvalue weighted by Gasteiger charge is -2.17. The van der Waals surface area contributed by atoms with Crippen molar-refractivity contribution in [2.24, 2.45) is 0 Å². The molecule has 0 atom stereocenters. The van der Waals surface area contributed by atoms with Gasteiger partial charge in [0, 0.05) is 24.3 Å². The predicted molar refractivity (Wildman–Crippen MR) is 109 cm³/mol. The van der Waals surface area contributed by atoms with Crippen LogP contribution in [0.2, 0.25) is 0 Å². The maximum Gasteiger partial charge on any atom is 0.237 e. The fourth-order valence-corrected chi connectivity index (χ4v) is 4.35. The summed E-state index contributed by atoms with van der Waals surface area (Å²) in [7, 11) is 0. The zero-order valence-electron chi connectivity index (χ0n) is 15.6. The summed E-state index contributed by atoms with van der Waals surface area (Å²) in [4.78, 5) is 14.7. The van der Waals surface area contributed by atoms with Gasteiger partial charge in [-0.3, -0.25) is 4.79 Å². The molecule has 0 saturated carbocycles. The van der Waals surface area contributed by atoms with Gasteiger partial charge in [0.05, 0.1) is 5.75 Å². The Bertz CT molecular complexity index is 968. The molecule has 27 heavy (non-hydrogen) atoms. The smallest absolute Gasteiger partial charge is 0.237 e. The molecular formula is C21H22N4OS. The second-order valence-corrected chi connectivity index (χ2v) is 7.58. The SMILES string of the molecule is CCn1c(SCC(=O)N2CCc3cc(C)ccc32)nnc1-c1ccccc1. The van der Waals surface area contributed by atoms with Gasteiger partial charge in [0.1, 0.15) is 0 Å². The minimum atomic E-state index is 0.120. The summed E-state index contributed by atoms with van der Waals surface area (Å²) < 4.78 is 2.06. The third-order valence-electron chi connectivity index (χ3n) is 4.82. The molecule has 0 unspecified atom stereocenters. The number of nitrogens with zero attached hydrogens (tertiary/aromatic N) is 4. The van der Waals surface area contributed by atoms with Crippen molar-refractivity contribution in [3.8, 4) is 11.4 Å². The van der Waals surface area contributed by atoms with Gasteiger partial charge in [-0.25, -0.2) is 0 Å². The van der Waals surface area contributed by atoms with Crippen molar-refractivity contribution in [2.45, 2.75) is 32.0 Å². The van der Waals surface area contributed by atoms with Crippen molar-refractivity contribution in [1.29, 1.82) is 0 Å². The summed E-state index contributed by atoms with van der Waals surface area (Å²) in [5.41, 5.74) is 4.58. The molecule has 138 valence electrons. The molecule has 0 N–H and O–H groups in total. The first-order valence-corrected chi connectivity index (χ1v) is 10.2. The molecule has 3 aromatic rings. The Morgan fingerprint density at radius 2 is 1.96 bits per heavy atom. The predicted octanol–water partition coefficient (Wildman–Crippen LogP) is 3.95. The fourth-order valence-electron chi connectivity index (χ4n) is 3.48. The number of fused-ring (bicyclic) bond motifs is 1. The average molecular weight is 379 g/mol. The Morgan fingerprint density at radius 1 is 1.15 bits per heavy atom. The van der Waals surface area contributed by atoms with Crippen LogP contribution in [0.5, 0.6) is 0 Å². The second-order valence-electron chi connectivity index (χ2n) is 6.63. The van der Waals surface area contributed by atoms with E-state index in [0.717, 1.165) is 41.7 Å². The van der Waals surface area contributed by atoms with Gasteiger partial charge in [0.2, 0.25) is 5.91 Å². The largest absolute Gasteiger partial charge is 0.311 e. The number of rotatable bonds is 5. The Morgan fingerprint density at radius 3 is 2.74 bits per heavy atom. The lowest BCUT2D eigenvalue weighted by atomic mass is 10.1. The average Bonchev–Trinajstić information content (AvgIpc) is 3.30. The normalized spacial score (nSPS) is 13.0. The maximum absolute atomic E-state index is 12.8. The highest BCUT2D eigenvalue weighted by Gasteiger charge is 2.25. The van der Waals surface area contributed by atoms with Crippen LogP contribution >= 0.6 is 11.8 Å². The van der Waals surface area contributed by atoms with Crippen molar-refractivity contribution in [3.05, 3.63) is 59.7 Å². The van der Waals surface area contributed by atoms with Crippen LogP contribution in [-0.2, 0) is 17.8 Å². The van der Waals surface area contributed by atoms with Crippen molar-refractivity contribution in [2.75, 3.05) is 17.2 Å². The van der Waals surface area contributed by atoms with Gasteiger partial charge in [-0.1, -0.05) is 59.8 Å². The zero-order valence-corrected chi connectivity index (χ0v) is 16.4. The lowest BCUT2D eigenvalue weighted by molar-refractivity contribution is -0.116. The van der Waals surface area contributed by atoms with Crippen molar-refractivity contribution in [1.82, 2.24) is 14.8 Å². The van der Waals surface area contributed by atoms with Crippen LogP contribution < -0.4 is 4.90 Å². The van der Waals surface area contributed by atoms with E-state index in [2.05, 4.69) is 46.8 Å². The molecular weight excluding hydrogens is 356 g/mol. The first kappa shape index (κ1) is 17.8. The molecule has 0 aliphatic carbocycles. The standard InChI is InChI=1S/C21H22N4OS/c1-3-24-20(16-7-5-4-6-8-16)22-23-21(24)27-14-19(26)25-12-11-17-13-15(2)9-10-18(17)25/h4-10,13H,3,11-12,14H2,1-2H3. The third-order valence-corrected chi connectivity index (χ3v) is 5.77. The van der Waals surface area contributed by atoms with Crippen LogP contribution in [0.4, 0.5) is 5.69 Å². The number of benzene rings is 2. The number of carbonyl (C=O) groups is 1. The number of aromatic nitrogens is 3. The van der Waals surface area contributed by atoms with Gasteiger partial charge in [-0.2, -0.15) is 0 Å². The molecule has 1 aromatic heterocycles. The zero-order chi connectivity index (χ0) is 18.8. The molecule has 4 rings (SSSR count). The molecule has 0 fully saturated rings. The van der Waals surface area contributed by atoms with Gasteiger partial charge < -0.3 is 9.47 Å². The van der Waals surface area contributed by atoms with Crippen molar-refractivity contribution in [3.63, 3.8) is 0 Å². The molecule has 1 aliphatic rings. The van der Waals surface area contributed by atoms with Crippen LogP contribution in [0.25, 0.3) is 11.4 Å². The first-order chi connectivity index (χ1) is 13.2. The Kier molecular flexibility index (Phi) is 4.99. The minimum Gasteiger partial charge on any atom is -0.311 e. The number of amides is 1. The number of hydrogen-bond acceptors (Lipinski definition) is 4. The maximum atomic E-state index is 12.8. The highest BCUT2D eigenvalue weighted by molar-refractivity contribution is 7.99. The lowest BCUT2D eigenvalue weighted by Crippen LogP contribution is -2.30. The molecule has 0 spiro atoms. The quantitative estimate of drug-likeness (QED) is 0.631. The molecule has 1 amide bonds. The molecule has 0 radical (unpaired) electrons. The van der Waals surface area contributed by atoms with Crippen LogP contribution in [0.3, 0.4) is 0 Å². The summed E-state index contributed by atoms with van der Waals surface area (Å²) in [6.07, 6.45) is 0.927. The summed E-state index contributed by atoms with van der Waals surface area (Å²) in [5.74, 6) is 1.32. The first-order valence-electron chi connectivity index (χ1n) is 9.18. The van der Waals surface area contributed by atoms with Crippen LogP contribution in [0, 0.1) is 6.92 Å². The Balaban J connectivity index is 1.49. The van der Waals surface area contributed by atoms with E-state index in [1.807, 2.05) is 35.2 Å². The number of aryl methyl sites for hydroxylation is 1. The number of carbonyl (C=O) groups excluding carboxylic acids is 1. The second kappa shape index (κ2) is 7.56. The molecule has 0 bridgehead atoms. The Hall–Kier alpha value is -2.60. The highest BCUT2D eigenvalue weighted by atomic mass is 32.2. The van der Waals surface area contributed by atoms with Crippen LogP contribution in [-0.4, -0.2) is 33.0 Å². The molecule has 2 aromatic carbocycles. The molecule has 6 heteroatoms. The van der Waals surface area contributed by atoms with Gasteiger partial charge in [-0.15, -0.1) is 10.2 Å². The van der Waals surface area contributed by atoms with Crippen molar-refractivity contribution >= 4 is 23.4 Å². The van der Waals surface area contributed by atoms with E-state index in [0.29, 0.717) is 5.75 Å². The van der Waals surface area contributed by atoms with Gasteiger partial charge >= 0.3 is 0 Å². The third kappa shape index (κ3) is 3.49. The van der Waals surface area contributed by atoms with Gasteiger partial charge in [0.15, 0.2) is 11.0 Å². The minimum absolute atomic E-state index is 0.120. The summed E-state index contributed by atoms with van der Waals surface area (Å²) in [5, 5.41) is 9.45. The topological polar surface area (TPSA) is 51.0 Å². The van der Waals surface area contributed by atoms with Gasteiger partial charge in [0.25, 0.3) is 0 Å².